The second-order valence-electron chi connectivity index (χ2n) is 7.71. The SMILES string of the molecule is Cc1cc(/C=C2\C(=O)NC(=O)N(Cc3ccccc3)C2=O)c(C)n1-c1ccc(C(=O)O)cc1. The molecule has 4 amide bonds. The van der Waals surface area contributed by atoms with Crippen LogP contribution in [-0.2, 0) is 16.1 Å². The molecule has 1 fully saturated rings. The molecule has 0 unspecified atom stereocenters. The number of rotatable bonds is 5. The highest BCUT2D eigenvalue weighted by atomic mass is 16.4. The van der Waals surface area contributed by atoms with Crippen LogP contribution in [0.4, 0.5) is 4.79 Å². The van der Waals surface area contributed by atoms with Crippen LogP contribution in [0.3, 0.4) is 0 Å². The first-order chi connectivity index (χ1) is 15.8. The Morgan fingerprint density at radius 3 is 2.30 bits per heavy atom. The summed E-state index contributed by atoms with van der Waals surface area (Å²) in [6, 6.07) is 16.5. The molecule has 0 radical (unpaired) electrons. The normalized spacial score (nSPS) is 15.2. The van der Waals surface area contributed by atoms with Gasteiger partial charge in [-0.25, -0.2) is 9.59 Å². The Labute approximate surface area is 189 Å². The minimum Gasteiger partial charge on any atom is -0.478 e. The van der Waals surface area contributed by atoms with Gasteiger partial charge in [-0.3, -0.25) is 19.8 Å². The van der Waals surface area contributed by atoms with Gasteiger partial charge in [0, 0.05) is 17.1 Å². The number of barbiturate groups is 1. The van der Waals surface area contributed by atoms with E-state index in [-0.39, 0.29) is 17.7 Å². The maximum absolute atomic E-state index is 13.0. The fraction of sp³-hybridized carbons (Fsp3) is 0.120. The Kier molecular flexibility index (Phi) is 5.66. The van der Waals surface area contributed by atoms with Crippen LogP contribution in [0.1, 0.15) is 32.9 Å². The summed E-state index contributed by atoms with van der Waals surface area (Å²) in [6.45, 7) is 3.75. The highest BCUT2D eigenvalue weighted by Gasteiger charge is 2.35. The molecule has 0 bridgehead atoms. The standard InChI is InChI=1S/C25H21N3O5/c1-15-12-19(16(2)28(15)20-10-8-18(9-11-20)24(31)32)13-21-22(29)26-25(33)27(23(21)30)14-17-6-4-3-5-7-17/h3-13H,14H2,1-2H3,(H,31,32)(H,26,29,33)/b21-13+. The Bertz CT molecular complexity index is 1300. The third kappa shape index (κ3) is 4.18. The number of carbonyl (C=O) groups excluding carboxylic acids is 3. The number of nitrogens with one attached hydrogen (secondary N) is 1. The van der Waals surface area contributed by atoms with E-state index in [0.29, 0.717) is 5.56 Å². The maximum atomic E-state index is 13.0. The number of imide groups is 2. The van der Waals surface area contributed by atoms with Crippen LogP contribution in [0.2, 0.25) is 0 Å². The first-order valence-corrected chi connectivity index (χ1v) is 10.2. The van der Waals surface area contributed by atoms with Crippen molar-refractivity contribution in [2.75, 3.05) is 0 Å². The monoisotopic (exact) mass is 443 g/mol. The molecule has 8 nitrogen and oxygen atoms in total. The minimum atomic E-state index is -1.01. The number of carboxylic acid groups (broad SMARTS) is 1. The lowest BCUT2D eigenvalue weighted by molar-refractivity contribution is -0.130. The Hall–Kier alpha value is -4.46. The molecule has 8 heteroatoms. The summed E-state index contributed by atoms with van der Waals surface area (Å²) < 4.78 is 1.90. The van der Waals surface area contributed by atoms with Gasteiger partial charge in [-0.2, -0.15) is 0 Å². The quantitative estimate of drug-likeness (QED) is 0.464. The second-order valence-corrected chi connectivity index (χ2v) is 7.71. The third-order valence-electron chi connectivity index (χ3n) is 5.51. The van der Waals surface area contributed by atoms with Crippen molar-refractivity contribution >= 4 is 29.9 Å². The van der Waals surface area contributed by atoms with Gasteiger partial charge in [0.1, 0.15) is 5.57 Å². The summed E-state index contributed by atoms with van der Waals surface area (Å²) in [6.07, 6.45) is 1.48. The van der Waals surface area contributed by atoms with E-state index in [1.807, 2.05) is 30.5 Å². The molecule has 2 heterocycles. The van der Waals surface area contributed by atoms with Crippen LogP contribution in [0.15, 0.2) is 66.2 Å². The second kappa shape index (κ2) is 8.58. The molecule has 4 rings (SSSR count). The van der Waals surface area contributed by atoms with E-state index in [0.717, 1.165) is 27.5 Å². The molecule has 1 saturated heterocycles. The predicted octanol–water partition coefficient (Wildman–Crippen LogP) is 3.45. The molecule has 0 aliphatic carbocycles. The number of hydrogen-bond donors (Lipinski definition) is 2. The van der Waals surface area contributed by atoms with Crippen LogP contribution in [-0.4, -0.2) is 38.4 Å². The van der Waals surface area contributed by atoms with Crippen molar-refractivity contribution in [1.82, 2.24) is 14.8 Å². The summed E-state index contributed by atoms with van der Waals surface area (Å²) in [7, 11) is 0. The van der Waals surface area contributed by atoms with E-state index in [4.69, 9.17) is 5.11 Å². The Balaban J connectivity index is 1.68. The highest BCUT2D eigenvalue weighted by molar-refractivity contribution is 6.31. The van der Waals surface area contributed by atoms with E-state index < -0.39 is 23.8 Å². The molecule has 3 aromatic rings. The molecular formula is C25H21N3O5. The molecule has 166 valence electrons. The minimum absolute atomic E-state index is 0.0467. The molecule has 0 spiro atoms. The molecule has 2 N–H and O–H groups in total. The summed E-state index contributed by atoms with van der Waals surface area (Å²) in [4.78, 5) is 50.0. The largest absolute Gasteiger partial charge is 0.478 e. The van der Waals surface area contributed by atoms with Gasteiger partial charge in [0.25, 0.3) is 11.8 Å². The van der Waals surface area contributed by atoms with Crippen LogP contribution < -0.4 is 5.32 Å². The Morgan fingerprint density at radius 2 is 1.67 bits per heavy atom. The van der Waals surface area contributed by atoms with E-state index >= 15 is 0 Å². The van der Waals surface area contributed by atoms with Crippen molar-refractivity contribution in [2.45, 2.75) is 20.4 Å². The van der Waals surface area contributed by atoms with Crippen LogP contribution in [0.25, 0.3) is 11.8 Å². The summed E-state index contributed by atoms with van der Waals surface area (Å²) >= 11 is 0. The number of carbonyl (C=O) groups is 4. The van der Waals surface area contributed by atoms with Crippen LogP contribution >= 0.6 is 0 Å². The first-order valence-electron chi connectivity index (χ1n) is 10.2. The molecule has 1 aliphatic heterocycles. The number of carboxylic acids is 1. The van der Waals surface area contributed by atoms with Crippen molar-refractivity contribution in [3.05, 3.63) is 94.3 Å². The predicted molar refractivity (Wildman–Crippen MR) is 121 cm³/mol. The van der Waals surface area contributed by atoms with Gasteiger partial charge in [-0.1, -0.05) is 30.3 Å². The zero-order valence-corrected chi connectivity index (χ0v) is 18.0. The first kappa shape index (κ1) is 21.8. The van der Waals surface area contributed by atoms with Gasteiger partial charge < -0.3 is 9.67 Å². The maximum Gasteiger partial charge on any atom is 0.335 e. The number of aryl methyl sites for hydroxylation is 1. The van der Waals surface area contributed by atoms with Crippen LogP contribution in [0, 0.1) is 13.8 Å². The zero-order chi connectivity index (χ0) is 23.7. The number of amides is 4. The van der Waals surface area contributed by atoms with Gasteiger partial charge >= 0.3 is 12.0 Å². The van der Waals surface area contributed by atoms with Gasteiger partial charge in [0.2, 0.25) is 0 Å². The molecule has 2 aromatic carbocycles. The summed E-state index contributed by atoms with van der Waals surface area (Å²) in [5.41, 5.74) is 3.79. The lowest BCUT2D eigenvalue weighted by Crippen LogP contribution is -2.53. The number of urea groups is 1. The van der Waals surface area contributed by atoms with Crippen molar-refractivity contribution < 1.29 is 24.3 Å². The van der Waals surface area contributed by atoms with Crippen molar-refractivity contribution in [2.24, 2.45) is 0 Å². The van der Waals surface area contributed by atoms with Gasteiger partial charge in [-0.05, 0) is 61.4 Å². The third-order valence-corrected chi connectivity index (χ3v) is 5.51. The topological polar surface area (TPSA) is 109 Å². The number of aromatic nitrogens is 1. The Morgan fingerprint density at radius 1 is 1.00 bits per heavy atom. The number of nitrogens with zero attached hydrogens (tertiary/aromatic N) is 2. The smallest absolute Gasteiger partial charge is 0.335 e. The molecule has 33 heavy (non-hydrogen) atoms. The fourth-order valence-electron chi connectivity index (χ4n) is 3.84. The van der Waals surface area contributed by atoms with Gasteiger partial charge in [0.15, 0.2) is 0 Å². The van der Waals surface area contributed by atoms with E-state index in [9.17, 15) is 19.2 Å². The van der Waals surface area contributed by atoms with Gasteiger partial charge in [0.05, 0.1) is 12.1 Å². The van der Waals surface area contributed by atoms with E-state index in [2.05, 4.69) is 5.32 Å². The summed E-state index contributed by atoms with van der Waals surface area (Å²) in [5.74, 6) is -2.42. The molecule has 0 atom stereocenters. The molecular weight excluding hydrogens is 422 g/mol. The van der Waals surface area contributed by atoms with Crippen molar-refractivity contribution in [3.8, 4) is 5.69 Å². The molecule has 0 saturated carbocycles. The molecule has 1 aromatic heterocycles. The lowest BCUT2D eigenvalue weighted by Gasteiger charge is -2.26. The number of hydrogen-bond acceptors (Lipinski definition) is 4. The number of benzene rings is 2. The summed E-state index contributed by atoms with van der Waals surface area (Å²) in [5, 5.41) is 11.3. The lowest BCUT2D eigenvalue weighted by atomic mass is 10.1. The van der Waals surface area contributed by atoms with Crippen molar-refractivity contribution in [3.63, 3.8) is 0 Å². The average Bonchev–Trinajstić information content (AvgIpc) is 3.07. The fourth-order valence-corrected chi connectivity index (χ4v) is 3.84. The van der Waals surface area contributed by atoms with E-state index in [1.165, 1.54) is 18.2 Å². The highest BCUT2D eigenvalue weighted by Crippen LogP contribution is 2.25. The molecule has 1 aliphatic rings. The average molecular weight is 443 g/mol. The van der Waals surface area contributed by atoms with Crippen molar-refractivity contribution in [1.29, 1.82) is 0 Å². The number of aromatic carboxylic acids is 1. The zero-order valence-electron chi connectivity index (χ0n) is 18.0. The van der Waals surface area contributed by atoms with Crippen LogP contribution in [0.5, 0.6) is 0 Å². The van der Waals surface area contributed by atoms with E-state index in [1.54, 1.807) is 36.4 Å². The van der Waals surface area contributed by atoms with Gasteiger partial charge in [-0.15, -0.1) is 0 Å².